The predicted octanol–water partition coefficient (Wildman–Crippen LogP) is 2.68. The Morgan fingerprint density at radius 3 is 2.67 bits per heavy atom. The summed E-state index contributed by atoms with van der Waals surface area (Å²) in [7, 11) is 2.05. The lowest BCUT2D eigenvalue weighted by Crippen LogP contribution is -2.41. The van der Waals surface area contributed by atoms with Crippen LogP contribution in [0.15, 0.2) is 30.3 Å². The molecule has 2 atom stereocenters. The second-order valence-electron chi connectivity index (χ2n) is 7.02. The average Bonchev–Trinajstić information content (AvgIpc) is 2.87. The molecule has 1 aromatic carbocycles. The molecule has 0 saturated carbocycles. The fraction of sp³-hybridized carbons (Fsp3) is 0.667. The third-order valence-electron chi connectivity index (χ3n) is 4.74. The zero-order valence-electron chi connectivity index (χ0n) is 13.7. The Morgan fingerprint density at radius 1 is 1.33 bits per heavy atom. The van der Waals surface area contributed by atoms with Crippen LogP contribution >= 0.6 is 0 Å². The zero-order chi connectivity index (χ0) is 15.3. The summed E-state index contributed by atoms with van der Waals surface area (Å²) in [5.41, 5.74) is 1.53. The largest absolute Gasteiger partial charge is 0.396 e. The standard InChI is InChI=1S/C18H30N2O/c1-18(2,14-20-11-9-15(13-20)10-12-21)17(19-3)16-7-5-4-6-8-16/h4-8,15,17,19,21H,9-14H2,1-3H3. The van der Waals surface area contributed by atoms with E-state index in [4.69, 9.17) is 5.11 Å². The van der Waals surface area contributed by atoms with Crippen LogP contribution in [0.1, 0.15) is 38.3 Å². The maximum atomic E-state index is 9.09. The second-order valence-corrected chi connectivity index (χ2v) is 7.02. The van der Waals surface area contributed by atoms with Crippen molar-refractivity contribution in [3.63, 3.8) is 0 Å². The highest BCUT2D eigenvalue weighted by Crippen LogP contribution is 2.35. The predicted molar refractivity (Wildman–Crippen MR) is 88.3 cm³/mol. The normalized spacial score (nSPS) is 21.6. The monoisotopic (exact) mass is 290 g/mol. The van der Waals surface area contributed by atoms with E-state index in [1.165, 1.54) is 18.5 Å². The molecule has 1 aromatic rings. The molecule has 1 heterocycles. The summed E-state index contributed by atoms with van der Waals surface area (Å²) in [6, 6.07) is 11.1. The number of rotatable bonds is 7. The summed E-state index contributed by atoms with van der Waals surface area (Å²) in [6.07, 6.45) is 2.18. The van der Waals surface area contributed by atoms with Crippen molar-refractivity contribution in [1.82, 2.24) is 10.2 Å². The van der Waals surface area contributed by atoms with Gasteiger partial charge in [0, 0.05) is 25.7 Å². The van der Waals surface area contributed by atoms with Crippen molar-refractivity contribution >= 4 is 0 Å². The first kappa shape index (κ1) is 16.5. The second kappa shape index (κ2) is 7.39. The fourth-order valence-corrected chi connectivity index (χ4v) is 3.80. The summed E-state index contributed by atoms with van der Waals surface area (Å²) in [5.74, 6) is 0.676. The molecular formula is C18H30N2O. The molecule has 3 nitrogen and oxygen atoms in total. The maximum Gasteiger partial charge on any atom is 0.0434 e. The van der Waals surface area contributed by atoms with Crippen LogP contribution < -0.4 is 5.32 Å². The topological polar surface area (TPSA) is 35.5 Å². The molecule has 2 N–H and O–H groups in total. The van der Waals surface area contributed by atoms with E-state index in [1.54, 1.807) is 0 Å². The van der Waals surface area contributed by atoms with E-state index in [0.29, 0.717) is 18.6 Å². The molecule has 1 fully saturated rings. The van der Waals surface area contributed by atoms with Crippen LogP contribution in [0.2, 0.25) is 0 Å². The quantitative estimate of drug-likeness (QED) is 0.810. The average molecular weight is 290 g/mol. The van der Waals surface area contributed by atoms with Crippen molar-refractivity contribution < 1.29 is 5.11 Å². The number of aliphatic hydroxyl groups excluding tert-OH is 1. The lowest BCUT2D eigenvalue weighted by atomic mass is 9.80. The Balaban J connectivity index is 2.00. The van der Waals surface area contributed by atoms with Gasteiger partial charge in [0.1, 0.15) is 0 Å². The van der Waals surface area contributed by atoms with Crippen molar-refractivity contribution in [2.75, 3.05) is 33.3 Å². The van der Waals surface area contributed by atoms with E-state index in [9.17, 15) is 0 Å². The molecule has 0 spiro atoms. The highest BCUT2D eigenvalue weighted by Gasteiger charge is 2.34. The molecule has 21 heavy (non-hydrogen) atoms. The van der Waals surface area contributed by atoms with Crippen LogP contribution in [0.3, 0.4) is 0 Å². The van der Waals surface area contributed by atoms with Crippen molar-refractivity contribution in [1.29, 1.82) is 0 Å². The Kier molecular flexibility index (Phi) is 5.80. The molecule has 0 bridgehead atoms. The van der Waals surface area contributed by atoms with E-state index >= 15 is 0 Å². The lowest BCUT2D eigenvalue weighted by Gasteiger charge is -2.38. The van der Waals surface area contributed by atoms with Gasteiger partial charge in [0.2, 0.25) is 0 Å². The number of nitrogens with zero attached hydrogens (tertiary/aromatic N) is 1. The van der Waals surface area contributed by atoms with Crippen LogP contribution in [0.4, 0.5) is 0 Å². The van der Waals surface area contributed by atoms with Crippen LogP contribution in [0.5, 0.6) is 0 Å². The van der Waals surface area contributed by atoms with E-state index in [1.807, 2.05) is 0 Å². The number of aliphatic hydroxyl groups is 1. The number of likely N-dealkylation sites (tertiary alicyclic amines) is 1. The number of benzene rings is 1. The van der Waals surface area contributed by atoms with Gasteiger partial charge in [-0.15, -0.1) is 0 Å². The van der Waals surface area contributed by atoms with Crippen molar-refractivity contribution in [2.45, 2.75) is 32.7 Å². The number of nitrogens with one attached hydrogen (secondary N) is 1. The van der Waals surface area contributed by atoms with Crippen molar-refractivity contribution in [3.05, 3.63) is 35.9 Å². The first-order chi connectivity index (χ1) is 10.1. The third-order valence-corrected chi connectivity index (χ3v) is 4.74. The minimum absolute atomic E-state index is 0.171. The van der Waals surface area contributed by atoms with Gasteiger partial charge in [-0.2, -0.15) is 0 Å². The summed E-state index contributed by atoms with van der Waals surface area (Å²) in [4.78, 5) is 2.56. The summed E-state index contributed by atoms with van der Waals surface area (Å²) >= 11 is 0. The minimum Gasteiger partial charge on any atom is -0.396 e. The lowest BCUT2D eigenvalue weighted by molar-refractivity contribution is 0.155. The molecule has 1 aliphatic heterocycles. The van der Waals surface area contributed by atoms with Gasteiger partial charge in [-0.3, -0.25) is 0 Å². The van der Waals surface area contributed by atoms with Crippen LogP contribution in [-0.4, -0.2) is 43.3 Å². The first-order valence-corrected chi connectivity index (χ1v) is 8.12. The molecule has 2 rings (SSSR count). The Bertz CT molecular complexity index is 418. The highest BCUT2D eigenvalue weighted by atomic mass is 16.3. The molecular weight excluding hydrogens is 260 g/mol. The molecule has 3 heteroatoms. The maximum absolute atomic E-state index is 9.09. The van der Waals surface area contributed by atoms with E-state index in [2.05, 4.69) is 61.4 Å². The molecule has 0 amide bonds. The minimum atomic E-state index is 0.171. The van der Waals surface area contributed by atoms with Gasteiger partial charge >= 0.3 is 0 Å². The number of hydrogen-bond acceptors (Lipinski definition) is 3. The van der Waals surface area contributed by atoms with E-state index in [-0.39, 0.29) is 5.41 Å². The number of hydrogen-bond donors (Lipinski definition) is 2. The van der Waals surface area contributed by atoms with E-state index in [0.717, 1.165) is 19.5 Å². The Hall–Kier alpha value is -0.900. The van der Waals surface area contributed by atoms with Crippen molar-refractivity contribution in [3.8, 4) is 0 Å². The zero-order valence-corrected chi connectivity index (χ0v) is 13.7. The van der Waals surface area contributed by atoms with Gasteiger partial charge in [-0.25, -0.2) is 0 Å². The van der Waals surface area contributed by atoms with Gasteiger partial charge in [-0.05, 0) is 43.3 Å². The molecule has 0 radical (unpaired) electrons. The third kappa shape index (κ3) is 4.29. The molecule has 0 aromatic heterocycles. The van der Waals surface area contributed by atoms with Crippen LogP contribution in [0.25, 0.3) is 0 Å². The Morgan fingerprint density at radius 2 is 2.05 bits per heavy atom. The SMILES string of the molecule is CNC(c1ccccc1)C(C)(C)CN1CCC(CCO)C1. The molecule has 1 saturated heterocycles. The van der Waals surface area contributed by atoms with Gasteiger partial charge in [-0.1, -0.05) is 44.2 Å². The smallest absolute Gasteiger partial charge is 0.0434 e. The molecule has 0 aliphatic carbocycles. The Labute approximate surface area is 129 Å². The summed E-state index contributed by atoms with van der Waals surface area (Å²) in [5, 5.41) is 12.6. The first-order valence-electron chi connectivity index (χ1n) is 8.12. The molecule has 118 valence electrons. The summed E-state index contributed by atoms with van der Waals surface area (Å²) in [6.45, 7) is 8.41. The highest BCUT2D eigenvalue weighted by molar-refractivity contribution is 5.21. The molecule has 1 aliphatic rings. The van der Waals surface area contributed by atoms with E-state index < -0.39 is 0 Å². The summed E-state index contributed by atoms with van der Waals surface area (Å²) < 4.78 is 0. The van der Waals surface area contributed by atoms with Gasteiger partial charge in [0.25, 0.3) is 0 Å². The van der Waals surface area contributed by atoms with Crippen molar-refractivity contribution in [2.24, 2.45) is 11.3 Å². The van der Waals surface area contributed by atoms with Crippen LogP contribution in [-0.2, 0) is 0 Å². The molecule has 2 unspecified atom stereocenters. The van der Waals surface area contributed by atoms with Gasteiger partial charge in [0.05, 0.1) is 0 Å². The van der Waals surface area contributed by atoms with Gasteiger partial charge in [0.15, 0.2) is 0 Å². The van der Waals surface area contributed by atoms with Gasteiger partial charge < -0.3 is 15.3 Å². The fourth-order valence-electron chi connectivity index (χ4n) is 3.80. The van der Waals surface area contributed by atoms with Crippen LogP contribution in [0, 0.1) is 11.3 Å².